The Morgan fingerprint density at radius 2 is 2.04 bits per heavy atom. The van der Waals surface area contributed by atoms with Crippen molar-refractivity contribution >= 4 is 5.91 Å². The molecule has 3 nitrogen and oxygen atoms in total. The molecule has 120 valence electrons. The van der Waals surface area contributed by atoms with Crippen molar-refractivity contribution in [2.75, 3.05) is 20.1 Å². The quantitative estimate of drug-likeness (QED) is 0.940. The van der Waals surface area contributed by atoms with Crippen LogP contribution in [-0.4, -0.2) is 30.9 Å². The third-order valence-electron chi connectivity index (χ3n) is 4.86. The Hall–Kier alpha value is -2.13. The summed E-state index contributed by atoms with van der Waals surface area (Å²) in [6, 6.07) is 14.6. The van der Waals surface area contributed by atoms with Gasteiger partial charge in [-0.15, -0.1) is 0 Å². The van der Waals surface area contributed by atoms with Gasteiger partial charge >= 0.3 is 0 Å². The van der Waals surface area contributed by atoms with E-state index in [0.29, 0.717) is 11.5 Å². The van der Waals surface area contributed by atoms with Crippen molar-refractivity contribution in [3.8, 4) is 11.1 Å². The minimum Gasteiger partial charge on any atom is -0.366 e. The van der Waals surface area contributed by atoms with Crippen LogP contribution >= 0.6 is 0 Å². The number of hydrogen-bond acceptors (Lipinski definition) is 2. The number of benzene rings is 2. The van der Waals surface area contributed by atoms with Crippen LogP contribution in [0.25, 0.3) is 11.1 Å². The highest BCUT2D eigenvalue weighted by molar-refractivity contribution is 5.96. The zero-order chi connectivity index (χ0) is 16.4. The van der Waals surface area contributed by atoms with Gasteiger partial charge in [-0.1, -0.05) is 43.3 Å². The normalized spacial score (nSPS) is 18.3. The smallest absolute Gasteiger partial charge is 0.249 e. The first-order valence-corrected chi connectivity index (χ1v) is 8.30. The van der Waals surface area contributed by atoms with Gasteiger partial charge < -0.3 is 10.6 Å². The Kier molecular flexibility index (Phi) is 4.49. The molecule has 0 radical (unpaired) electrons. The predicted octanol–water partition coefficient (Wildman–Crippen LogP) is 3.43. The summed E-state index contributed by atoms with van der Waals surface area (Å²) in [5.41, 5.74) is 11.0. The van der Waals surface area contributed by atoms with Crippen LogP contribution in [-0.2, 0) is 6.42 Å². The maximum atomic E-state index is 12.0. The van der Waals surface area contributed by atoms with Gasteiger partial charge in [0.1, 0.15) is 0 Å². The summed E-state index contributed by atoms with van der Waals surface area (Å²) in [6.07, 6.45) is 2.05. The van der Waals surface area contributed by atoms with Crippen molar-refractivity contribution in [1.82, 2.24) is 4.90 Å². The fraction of sp³-hybridized carbons (Fsp3) is 0.350. The lowest BCUT2D eigenvalue weighted by atomic mass is 9.89. The summed E-state index contributed by atoms with van der Waals surface area (Å²) in [5, 5.41) is 0. The van der Waals surface area contributed by atoms with Crippen LogP contribution in [0.15, 0.2) is 42.5 Å². The molecule has 1 heterocycles. The molecule has 0 bridgehead atoms. The molecular formula is C20H24N2O. The summed E-state index contributed by atoms with van der Waals surface area (Å²) in [4.78, 5) is 14.3. The summed E-state index contributed by atoms with van der Waals surface area (Å²) in [5.74, 6) is 0.0725. The number of likely N-dealkylation sites (N-methyl/N-ethyl adjacent to an activating group) is 1. The number of nitrogens with two attached hydrogens (primary N) is 1. The van der Waals surface area contributed by atoms with Crippen molar-refractivity contribution in [3.63, 3.8) is 0 Å². The second kappa shape index (κ2) is 6.55. The number of carbonyl (C=O) groups is 1. The minimum absolute atomic E-state index is 0.328. The number of nitrogens with zero attached hydrogens (tertiary/aromatic N) is 1. The van der Waals surface area contributed by atoms with Crippen LogP contribution in [0.2, 0.25) is 0 Å². The Bertz CT molecular complexity index is 723. The van der Waals surface area contributed by atoms with Crippen LogP contribution in [0.4, 0.5) is 0 Å². The lowest BCUT2D eigenvalue weighted by molar-refractivity contribution is 0.0999. The van der Waals surface area contributed by atoms with E-state index in [0.717, 1.165) is 37.1 Å². The number of rotatable bonds is 4. The zero-order valence-electron chi connectivity index (χ0n) is 13.9. The molecule has 0 aliphatic carbocycles. The second-order valence-corrected chi connectivity index (χ2v) is 6.42. The molecule has 1 amide bonds. The maximum absolute atomic E-state index is 12.0. The highest BCUT2D eigenvalue weighted by Gasteiger charge is 2.25. The Labute approximate surface area is 138 Å². The highest BCUT2D eigenvalue weighted by Crippen LogP contribution is 2.32. The lowest BCUT2D eigenvalue weighted by Gasteiger charge is -2.16. The van der Waals surface area contributed by atoms with E-state index >= 15 is 0 Å². The average molecular weight is 308 g/mol. The molecule has 2 aromatic carbocycles. The molecule has 1 saturated heterocycles. The van der Waals surface area contributed by atoms with E-state index in [9.17, 15) is 4.79 Å². The molecule has 1 atom stereocenters. The van der Waals surface area contributed by atoms with E-state index in [1.165, 1.54) is 11.1 Å². The lowest BCUT2D eigenvalue weighted by Crippen LogP contribution is -2.18. The first-order chi connectivity index (χ1) is 11.1. The van der Waals surface area contributed by atoms with Crippen molar-refractivity contribution in [3.05, 3.63) is 59.2 Å². The molecule has 3 heteroatoms. The summed E-state index contributed by atoms with van der Waals surface area (Å²) >= 11 is 0. The number of carbonyl (C=O) groups excluding carboxylic acids is 1. The van der Waals surface area contributed by atoms with E-state index in [-0.39, 0.29) is 5.91 Å². The highest BCUT2D eigenvalue weighted by atomic mass is 16.1. The van der Waals surface area contributed by atoms with Crippen LogP contribution in [0, 0.1) is 0 Å². The topological polar surface area (TPSA) is 46.3 Å². The van der Waals surface area contributed by atoms with Crippen LogP contribution in [0.5, 0.6) is 0 Å². The fourth-order valence-corrected chi connectivity index (χ4v) is 3.59. The van der Waals surface area contributed by atoms with Gasteiger partial charge in [-0.25, -0.2) is 0 Å². The maximum Gasteiger partial charge on any atom is 0.249 e. The molecule has 2 N–H and O–H groups in total. The fourth-order valence-electron chi connectivity index (χ4n) is 3.59. The number of primary amides is 1. The number of hydrogen-bond donors (Lipinski definition) is 1. The number of likely N-dealkylation sites (tertiary alicyclic amines) is 1. The van der Waals surface area contributed by atoms with Crippen molar-refractivity contribution in [2.24, 2.45) is 5.73 Å². The third-order valence-corrected chi connectivity index (χ3v) is 4.86. The zero-order valence-corrected chi connectivity index (χ0v) is 13.9. The van der Waals surface area contributed by atoms with Gasteiger partial charge in [-0.05, 0) is 60.7 Å². The van der Waals surface area contributed by atoms with E-state index < -0.39 is 0 Å². The summed E-state index contributed by atoms with van der Waals surface area (Å²) in [7, 11) is 2.12. The first-order valence-electron chi connectivity index (χ1n) is 8.30. The van der Waals surface area contributed by atoms with Gasteiger partial charge in [0.2, 0.25) is 5.91 Å². The monoisotopic (exact) mass is 308 g/mol. The van der Waals surface area contributed by atoms with Crippen molar-refractivity contribution in [2.45, 2.75) is 25.7 Å². The molecule has 3 rings (SSSR count). The Morgan fingerprint density at radius 1 is 1.26 bits per heavy atom. The summed E-state index contributed by atoms with van der Waals surface area (Å²) in [6.45, 7) is 4.21. The van der Waals surface area contributed by atoms with E-state index in [1.807, 2.05) is 12.1 Å². The van der Waals surface area contributed by atoms with Gasteiger partial charge in [-0.3, -0.25) is 4.79 Å². The van der Waals surface area contributed by atoms with Crippen LogP contribution in [0.3, 0.4) is 0 Å². The third kappa shape index (κ3) is 3.15. The second-order valence-electron chi connectivity index (χ2n) is 6.42. The SMILES string of the molecule is CCc1ccccc1-c1ccc(C2CCN(C)C2)c(C(N)=O)c1. The Morgan fingerprint density at radius 3 is 2.70 bits per heavy atom. The molecule has 0 spiro atoms. The molecule has 23 heavy (non-hydrogen) atoms. The molecule has 1 aliphatic heterocycles. The Balaban J connectivity index is 2.05. The molecule has 2 aromatic rings. The van der Waals surface area contributed by atoms with E-state index in [4.69, 9.17) is 5.73 Å². The molecule has 0 saturated carbocycles. The summed E-state index contributed by atoms with van der Waals surface area (Å²) < 4.78 is 0. The van der Waals surface area contributed by atoms with Gasteiger partial charge in [0, 0.05) is 12.1 Å². The molecule has 0 aromatic heterocycles. The number of aryl methyl sites for hydroxylation is 1. The minimum atomic E-state index is -0.328. The van der Waals surface area contributed by atoms with E-state index in [1.54, 1.807) is 0 Å². The van der Waals surface area contributed by atoms with E-state index in [2.05, 4.69) is 49.2 Å². The van der Waals surface area contributed by atoms with Crippen LogP contribution < -0.4 is 5.73 Å². The van der Waals surface area contributed by atoms with Crippen LogP contribution in [0.1, 0.15) is 40.7 Å². The van der Waals surface area contributed by atoms with Gasteiger partial charge in [0.15, 0.2) is 0 Å². The van der Waals surface area contributed by atoms with Gasteiger partial charge in [0.25, 0.3) is 0 Å². The van der Waals surface area contributed by atoms with Gasteiger partial charge in [0.05, 0.1) is 0 Å². The molecule has 1 unspecified atom stereocenters. The standard InChI is InChI=1S/C20H24N2O/c1-3-14-6-4-5-7-17(14)15-8-9-18(19(12-15)20(21)23)16-10-11-22(2)13-16/h4-9,12,16H,3,10-11,13H2,1-2H3,(H2,21,23). The average Bonchev–Trinajstić information content (AvgIpc) is 3.00. The number of amides is 1. The van der Waals surface area contributed by atoms with Crippen molar-refractivity contribution < 1.29 is 4.79 Å². The predicted molar refractivity (Wildman–Crippen MR) is 94.6 cm³/mol. The molecule has 1 fully saturated rings. The molecular weight excluding hydrogens is 284 g/mol. The first kappa shape index (κ1) is 15.8. The largest absolute Gasteiger partial charge is 0.366 e. The van der Waals surface area contributed by atoms with Crippen molar-refractivity contribution in [1.29, 1.82) is 0 Å². The van der Waals surface area contributed by atoms with Gasteiger partial charge in [-0.2, -0.15) is 0 Å². The molecule has 1 aliphatic rings.